The van der Waals surface area contributed by atoms with Crippen LogP contribution in [0, 0.1) is 0 Å². The highest BCUT2D eigenvalue weighted by atomic mass is 16.1. The van der Waals surface area contributed by atoms with E-state index in [-0.39, 0.29) is 11.2 Å². The predicted molar refractivity (Wildman–Crippen MR) is 128 cm³/mol. The lowest BCUT2D eigenvalue weighted by Gasteiger charge is -2.34. The highest BCUT2D eigenvalue weighted by Gasteiger charge is 2.36. The maximum absolute atomic E-state index is 13.6. The Labute approximate surface area is 182 Å². The Kier molecular flexibility index (Phi) is 3.62. The van der Waals surface area contributed by atoms with E-state index in [9.17, 15) is 4.79 Å². The van der Waals surface area contributed by atoms with Gasteiger partial charge in [-0.1, -0.05) is 87.2 Å². The summed E-state index contributed by atoms with van der Waals surface area (Å²) in [6.45, 7) is 8.89. The van der Waals surface area contributed by atoms with Gasteiger partial charge in [0.15, 0.2) is 5.78 Å². The molecule has 2 nitrogen and oxygen atoms in total. The van der Waals surface area contributed by atoms with Crippen molar-refractivity contribution in [1.29, 1.82) is 0 Å². The van der Waals surface area contributed by atoms with E-state index >= 15 is 0 Å². The zero-order chi connectivity index (χ0) is 21.3. The molecule has 0 saturated carbocycles. The van der Waals surface area contributed by atoms with Crippen LogP contribution < -0.4 is 0 Å². The monoisotopic (exact) mass is 401 g/mol. The fourth-order valence-corrected chi connectivity index (χ4v) is 5.42. The van der Waals surface area contributed by atoms with Gasteiger partial charge < -0.3 is 4.57 Å². The molecule has 2 heterocycles. The number of para-hydroxylation sites is 2. The largest absolute Gasteiger partial charge is 0.309 e. The van der Waals surface area contributed by atoms with Crippen LogP contribution in [0.15, 0.2) is 79.4 Å². The molecule has 0 atom stereocenters. The Hall–Kier alpha value is -3.65. The number of aromatic nitrogens is 1. The minimum atomic E-state index is -0.127. The second-order valence-corrected chi connectivity index (χ2v) is 9.01. The van der Waals surface area contributed by atoms with Gasteiger partial charge in [0.2, 0.25) is 0 Å². The SMILES string of the molecule is C=C1C(=O)c2ccccc2C/C=C\c2c1c1cccc3c1n2-c1ccccc1C3(C)C. The van der Waals surface area contributed by atoms with Crippen LogP contribution in [0.2, 0.25) is 0 Å². The number of Topliss-reactive ketones (excluding diaryl/α,β-unsaturated/α-hetero) is 1. The summed E-state index contributed by atoms with van der Waals surface area (Å²) < 4.78 is 2.34. The zero-order valence-electron chi connectivity index (χ0n) is 17.8. The molecule has 0 spiro atoms. The molecule has 2 heteroatoms. The molecule has 6 rings (SSSR count). The molecule has 2 aliphatic rings. The fourth-order valence-electron chi connectivity index (χ4n) is 5.42. The van der Waals surface area contributed by atoms with Crippen LogP contribution in [0.4, 0.5) is 0 Å². The average Bonchev–Trinajstić information content (AvgIpc) is 3.13. The molecule has 0 bridgehead atoms. The van der Waals surface area contributed by atoms with Crippen LogP contribution in [0.3, 0.4) is 0 Å². The van der Waals surface area contributed by atoms with Crippen LogP contribution in [0.1, 0.15) is 52.2 Å². The smallest absolute Gasteiger partial charge is 0.193 e. The first-order chi connectivity index (χ1) is 15.0. The summed E-state index contributed by atoms with van der Waals surface area (Å²) >= 11 is 0. The highest BCUT2D eigenvalue weighted by Crippen LogP contribution is 2.48. The van der Waals surface area contributed by atoms with Gasteiger partial charge in [0, 0.05) is 27.5 Å². The Morgan fingerprint density at radius 3 is 2.52 bits per heavy atom. The molecule has 1 aromatic heterocycles. The molecule has 0 amide bonds. The normalized spacial score (nSPS) is 17.2. The third-order valence-corrected chi connectivity index (χ3v) is 6.97. The number of allylic oxidation sites excluding steroid dienone is 2. The highest BCUT2D eigenvalue weighted by molar-refractivity contribution is 6.32. The Morgan fingerprint density at radius 2 is 1.65 bits per heavy atom. The number of nitrogens with zero attached hydrogens (tertiary/aromatic N) is 1. The van der Waals surface area contributed by atoms with E-state index in [2.05, 4.69) is 79.6 Å². The van der Waals surface area contributed by atoms with E-state index in [1.54, 1.807) is 0 Å². The summed E-state index contributed by atoms with van der Waals surface area (Å²) in [6.07, 6.45) is 5.07. The third kappa shape index (κ3) is 2.30. The molecular weight excluding hydrogens is 378 g/mol. The van der Waals surface area contributed by atoms with Gasteiger partial charge in [0.25, 0.3) is 0 Å². The number of fused-ring (bicyclic) bond motifs is 6. The summed E-state index contributed by atoms with van der Waals surface area (Å²) in [7, 11) is 0. The van der Waals surface area contributed by atoms with Gasteiger partial charge in [-0.25, -0.2) is 0 Å². The van der Waals surface area contributed by atoms with E-state index in [1.807, 2.05) is 24.3 Å². The minimum Gasteiger partial charge on any atom is -0.309 e. The van der Waals surface area contributed by atoms with Crippen molar-refractivity contribution in [2.24, 2.45) is 0 Å². The summed E-state index contributed by atoms with van der Waals surface area (Å²) in [5.41, 5.74) is 9.15. The second-order valence-electron chi connectivity index (χ2n) is 9.01. The van der Waals surface area contributed by atoms with E-state index in [1.165, 1.54) is 22.3 Å². The van der Waals surface area contributed by atoms with Gasteiger partial charge in [0.1, 0.15) is 0 Å². The van der Waals surface area contributed by atoms with Gasteiger partial charge in [-0.3, -0.25) is 4.79 Å². The number of ketones is 1. The predicted octanol–water partition coefficient (Wildman–Crippen LogP) is 6.74. The molecule has 0 radical (unpaired) electrons. The molecule has 0 fully saturated rings. The Morgan fingerprint density at radius 1 is 0.903 bits per heavy atom. The summed E-state index contributed by atoms with van der Waals surface area (Å²) in [5, 5.41) is 1.09. The number of benzene rings is 3. The number of hydrogen-bond acceptors (Lipinski definition) is 1. The standard InChI is InChI=1S/C29H23NO/c1-18-26-21-13-9-15-23-27(21)30(24-16-7-6-14-22(24)29(23,2)3)25(26)17-8-11-19-10-4-5-12-20(19)28(18)31/h4-10,12-17H,1,11H2,2-3H3/b17-8-. The molecule has 150 valence electrons. The van der Waals surface area contributed by atoms with Crippen molar-refractivity contribution in [3.05, 3.63) is 113 Å². The van der Waals surface area contributed by atoms with E-state index in [0.717, 1.165) is 34.2 Å². The van der Waals surface area contributed by atoms with Crippen molar-refractivity contribution in [1.82, 2.24) is 4.57 Å². The maximum Gasteiger partial charge on any atom is 0.193 e. The van der Waals surface area contributed by atoms with Gasteiger partial charge in [0.05, 0.1) is 16.9 Å². The first kappa shape index (κ1) is 18.1. The molecule has 4 aromatic rings. The lowest BCUT2D eigenvalue weighted by atomic mass is 9.74. The molecule has 31 heavy (non-hydrogen) atoms. The maximum atomic E-state index is 13.6. The van der Waals surface area contributed by atoms with Gasteiger partial charge >= 0.3 is 0 Å². The third-order valence-electron chi connectivity index (χ3n) is 6.97. The summed E-state index contributed by atoms with van der Waals surface area (Å²) in [4.78, 5) is 13.6. The summed E-state index contributed by atoms with van der Waals surface area (Å²) in [6, 6.07) is 23.0. The molecule has 0 unspecified atom stereocenters. The van der Waals surface area contributed by atoms with Crippen LogP contribution in [-0.4, -0.2) is 10.4 Å². The fraction of sp³-hybridized carbons (Fsp3) is 0.138. The van der Waals surface area contributed by atoms with E-state index < -0.39 is 0 Å². The number of carbonyl (C=O) groups excluding carboxylic acids is 1. The van der Waals surface area contributed by atoms with Crippen molar-refractivity contribution in [3.63, 3.8) is 0 Å². The Bertz CT molecular complexity index is 1460. The van der Waals surface area contributed by atoms with Crippen molar-refractivity contribution < 1.29 is 4.79 Å². The van der Waals surface area contributed by atoms with Crippen LogP contribution in [-0.2, 0) is 11.8 Å². The summed E-state index contributed by atoms with van der Waals surface area (Å²) in [5.74, 6) is 0.0109. The molecular formula is C29H23NO. The topological polar surface area (TPSA) is 22.0 Å². The van der Waals surface area contributed by atoms with Crippen LogP contribution >= 0.6 is 0 Å². The molecule has 0 saturated heterocycles. The molecule has 1 aliphatic carbocycles. The molecule has 3 aromatic carbocycles. The number of carbonyl (C=O) groups is 1. The first-order valence-electron chi connectivity index (χ1n) is 10.8. The van der Waals surface area contributed by atoms with Crippen molar-refractivity contribution in [2.45, 2.75) is 25.7 Å². The lowest BCUT2D eigenvalue weighted by Crippen LogP contribution is -2.26. The van der Waals surface area contributed by atoms with Gasteiger partial charge in [-0.15, -0.1) is 0 Å². The average molecular weight is 402 g/mol. The lowest BCUT2D eigenvalue weighted by molar-refractivity contribution is 0.105. The quantitative estimate of drug-likeness (QED) is 0.299. The molecule has 1 aliphatic heterocycles. The van der Waals surface area contributed by atoms with Gasteiger partial charge in [-0.2, -0.15) is 0 Å². The first-order valence-corrected chi connectivity index (χ1v) is 10.8. The van der Waals surface area contributed by atoms with Crippen LogP contribution in [0.5, 0.6) is 0 Å². The number of rotatable bonds is 0. The number of hydrogen-bond donors (Lipinski definition) is 0. The molecule has 0 N–H and O–H groups in total. The van der Waals surface area contributed by atoms with Crippen molar-refractivity contribution >= 4 is 28.3 Å². The van der Waals surface area contributed by atoms with E-state index in [0.29, 0.717) is 5.57 Å². The Balaban J connectivity index is 1.76. The minimum absolute atomic E-state index is 0.0109. The van der Waals surface area contributed by atoms with E-state index in [4.69, 9.17) is 0 Å². The van der Waals surface area contributed by atoms with Crippen LogP contribution in [0.25, 0.3) is 28.2 Å². The zero-order valence-corrected chi connectivity index (χ0v) is 17.8. The second kappa shape index (κ2) is 6.18. The van der Waals surface area contributed by atoms with Crippen molar-refractivity contribution in [2.75, 3.05) is 0 Å². The van der Waals surface area contributed by atoms with Gasteiger partial charge in [-0.05, 0) is 35.3 Å². The van der Waals surface area contributed by atoms with Crippen molar-refractivity contribution in [3.8, 4) is 5.69 Å².